The number of hydrogen-bond acceptors (Lipinski definition) is 5. The second-order valence-corrected chi connectivity index (χ2v) is 10.4. The van der Waals surface area contributed by atoms with Gasteiger partial charge in [0.05, 0.1) is 11.4 Å². The number of carbonyl (C=O) groups excluding carboxylic acids is 1. The highest BCUT2D eigenvalue weighted by Gasteiger charge is 2.65. The lowest BCUT2D eigenvalue weighted by molar-refractivity contribution is -0.128. The van der Waals surface area contributed by atoms with Gasteiger partial charge in [0.15, 0.2) is 0 Å². The van der Waals surface area contributed by atoms with Crippen LogP contribution in [0, 0.1) is 16.7 Å². The van der Waals surface area contributed by atoms with Crippen LogP contribution in [0.4, 0.5) is 0 Å². The van der Waals surface area contributed by atoms with Gasteiger partial charge in [-0.25, -0.2) is 18.1 Å². The number of hydrogen-bond donors (Lipinski definition) is 1. The lowest BCUT2D eigenvalue weighted by Gasteiger charge is -2.36. The van der Waals surface area contributed by atoms with Gasteiger partial charge in [-0.3, -0.25) is 4.79 Å². The van der Waals surface area contributed by atoms with Crippen molar-refractivity contribution in [1.29, 1.82) is 0 Å². The Bertz CT molecular complexity index is 981. The Balaban J connectivity index is 1.38. The molecule has 1 N–H and O–H groups in total. The zero-order valence-electron chi connectivity index (χ0n) is 16.3. The molecule has 0 saturated heterocycles. The predicted molar refractivity (Wildman–Crippen MR) is 106 cm³/mol. The van der Waals surface area contributed by atoms with E-state index >= 15 is 0 Å². The Hall–Kier alpha value is -1.99. The molecule has 2 saturated carbocycles. The third kappa shape index (κ3) is 3.20. The minimum absolute atomic E-state index is 0.114. The van der Waals surface area contributed by atoms with Crippen molar-refractivity contribution in [1.82, 2.24) is 9.71 Å². The lowest BCUT2D eigenvalue weighted by Crippen LogP contribution is -2.45. The highest BCUT2D eigenvalue weighted by molar-refractivity contribution is 7.89. The van der Waals surface area contributed by atoms with E-state index in [0.29, 0.717) is 36.8 Å². The number of nitrogens with one attached hydrogen (secondary N) is 1. The third-order valence-electron chi connectivity index (χ3n) is 6.85. The zero-order chi connectivity index (χ0) is 20.0. The predicted octanol–water partition coefficient (Wildman–Crippen LogP) is 3.20. The Labute approximate surface area is 165 Å². The maximum absolute atomic E-state index is 12.7. The van der Waals surface area contributed by atoms with Crippen LogP contribution in [0.2, 0.25) is 0 Å². The van der Waals surface area contributed by atoms with Gasteiger partial charge in [-0.1, -0.05) is 32.0 Å². The minimum atomic E-state index is -3.56. The molecule has 2 aliphatic rings. The van der Waals surface area contributed by atoms with Crippen molar-refractivity contribution in [2.45, 2.75) is 39.5 Å². The van der Waals surface area contributed by atoms with Crippen LogP contribution in [0.25, 0.3) is 11.5 Å². The van der Waals surface area contributed by atoms with Gasteiger partial charge in [0, 0.05) is 30.4 Å². The number of ketones is 1. The number of sulfonamides is 1. The summed E-state index contributed by atoms with van der Waals surface area (Å²) in [6, 6.07) is 9.56. The summed E-state index contributed by atoms with van der Waals surface area (Å²) in [7, 11) is -3.56. The van der Waals surface area contributed by atoms with Gasteiger partial charge in [-0.15, -0.1) is 0 Å². The zero-order valence-corrected chi connectivity index (χ0v) is 17.1. The van der Waals surface area contributed by atoms with Crippen molar-refractivity contribution >= 4 is 15.8 Å². The Morgan fingerprint density at radius 2 is 2.00 bits per heavy atom. The van der Waals surface area contributed by atoms with E-state index in [9.17, 15) is 13.2 Å². The number of nitrogens with zero attached hydrogens (tertiary/aromatic N) is 1. The fourth-order valence-electron chi connectivity index (χ4n) is 4.95. The van der Waals surface area contributed by atoms with Gasteiger partial charge < -0.3 is 4.42 Å². The summed E-state index contributed by atoms with van der Waals surface area (Å²) < 4.78 is 33.6. The first-order valence-electron chi connectivity index (χ1n) is 9.74. The molecule has 7 heteroatoms. The van der Waals surface area contributed by atoms with E-state index < -0.39 is 15.4 Å². The molecule has 28 heavy (non-hydrogen) atoms. The molecule has 1 aromatic carbocycles. The third-order valence-corrected chi connectivity index (χ3v) is 8.37. The number of aromatic nitrogens is 1. The highest BCUT2D eigenvalue weighted by Crippen LogP contribution is 2.64. The smallest absolute Gasteiger partial charge is 0.226 e. The molecule has 0 spiro atoms. The molecule has 0 radical (unpaired) electrons. The number of benzene rings is 1. The van der Waals surface area contributed by atoms with Gasteiger partial charge in [-0.05, 0) is 36.3 Å². The van der Waals surface area contributed by atoms with Crippen LogP contribution >= 0.6 is 0 Å². The van der Waals surface area contributed by atoms with Crippen molar-refractivity contribution in [2.24, 2.45) is 16.7 Å². The SMILES string of the molecule is CC1(C)C2CCC1(CS(=O)(=O)NCCc1coc(-c3ccccc3)n1)C(=O)C2. The van der Waals surface area contributed by atoms with E-state index in [1.54, 1.807) is 6.26 Å². The van der Waals surface area contributed by atoms with Crippen molar-refractivity contribution < 1.29 is 17.6 Å². The van der Waals surface area contributed by atoms with Crippen LogP contribution in [-0.2, 0) is 21.2 Å². The summed E-state index contributed by atoms with van der Waals surface area (Å²) in [5.74, 6) is 0.827. The minimum Gasteiger partial charge on any atom is -0.444 e. The fraction of sp³-hybridized carbons (Fsp3) is 0.524. The highest BCUT2D eigenvalue weighted by atomic mass is 32.2. The average molecular weight is 403 g/mol. The topological polar surface area (TPSA) is 89.3 Å². The van der Waals surface area contributed by atoms with Gasteiger partial charge >= 0.3 is 0 Å². The van der Waals surface area contributed by atoms with Crippen LogP contribution in [-0.4, -0.2) is 31.5 Å². The maximum Gasteiger partial charge on any atom is 0.226 e. The molecule has 0 amide bonds. The van der Waals surface area contributed by atoms with E-state index in [1.165, 1.54) is 0 Å². The number of Topliss-reactive ketones (excluding diaryl/α,β-unsaturated/α-hetero) is 1. The van der Waals surface area contributed by atoms with Crippen LogP contribution in [0.15, 0.2) is 41.0 Å². The maximum atomic E-state index is 12.7. The molecule has 2 aliphatic carbocycles. The van der Waals surface area contributed by atoms with Crippen LogP contribution in [0.3, 0.4) is 0 Å². The van der Waals surface area contributed by atoms with Crippen LogP contribution < -0.4 is 4.72 Å². The van der Waals surface area contributed by atoms with Crippen LogP contribution in [0.1, 0.15) is 38.8 Å². The molecule has 0 aliphatic heterocycles. The summed E-state index contributed by atoms with van der Waals surface area (Å²) in [5, 5.41) is 0. The molecule has 150 valence electrons. The van der Waals surface area contributed by atoms with Crippen molar-refractivity contribution in [3.8, 4) is 11.5 Å². The monoisotopic (exact) mass is 402 g/mol. The summed E-state index contributed by atoms with van der Waals surface area (Å²) in [6.07, 6.45) is 4.12. The molecular weight excluding hydrogens is 376 g/mol. The van der Waals surface area contributed by atoms with Gasteiger partial charge in [-0.2, -0.15) is 0 Å². The van der Waals surface area contributed by atoms with Crippen molar-refractivity contribution in [2.75, 3.05) is 12.3 Å². The Morgan fingerprint density at radius 3 is 2.64 bits per heavy atom. The first kappa shape index (κ1) is 19.3. The quantitative estimate of drug-likeness (QED) is 0.768. The van der Waals surface area contributed by atoms with E-state index in [-0.39, 0.29) is 23.5 Å². The summed E-state index contributed by atoms with van der Waals surface area (Å²) in [5.41, 5.74) is 0.581. The van der Waals surface area contributed by atoms with Crippen molar-refractivity contribution in [3.05, 3.63) is 42.3 Å². The molecule has 2 aromatic rings. The molecule has 2 atom stereocenters. The summed E-state index contributed by atoms with van der Waals surface area (Å²) >= 11 is 0. The van der Waals surface area contributed by atoms with Gasteiger partial charge in [0.25, 0.3) is 0 Å². The van der Waals surface area contributed by atoms with E-state index in [4.69, 9.17) is 4.42 Å². The van der Waals surface area contributed by atoms with Gasteiger partial charge in [0.2, 0.25) is 15.9 Å². The van der Waals surface area contributed by atoms with E-state index in [1.807, 2.05) is 44.2 Å². The molecule has 1 aromatic heterocycles. The first-order valence-corrected chi connectivity index (χ1v) is 11.4. The molecule has 4 rings (SSSR count). The van der Waals surface area contributed by atoms with E-state index in [0.717, 1.165) is 12.0 Å². The van der Waals surface area contributed by atoms with E-state index in [2.05, 4.69) is 9.71 Å². The summed E-state index contributed by atoms with van der Waals surface area (Å²) in [4.78, 5) is 17.0. The van der Waals surface area contributed by atoms with Gasteiger partial charge in [0.1, 0.15) is 12.0 Å². The number of carbonyl (C=O) groups is 1. The first-order chi connectivity index (χ1) is 13.2. The molecule has 2 bridgehead atoms. The molecule has 2 unspecified atom stereocenters. The standard InChI is InChI=1S/C21H26N2O4S/c1-20(2)16-8-10-21(20,18(24)12-16)14-28(25,26)22-11-9-17-13-27-19(23-17)15-6-4-3-5-7-15/h3-7,13,16,22H,8-12,14H2,1-2H3. The normalized spacial score (nSPS) is 26.1. The molecule has 1 heterocycles. The second kappa shape index (κ2) is 6.81. The van der Waals surface area contributed by atoms with Crippen molar-refractivity contribution in [3.63, 3.8) is 0 Å². The Morgan fingerprint density at radius 1 is 1.25 bits per heavy atom. The number of fused-ring (bicyclic) bond motifs is 2. The average Bonchev–Trinajstić information content (AvgIpc) is 3.25. The second-order valence-electron chi connectivity index (χ2n) is 8.58. The Kier molecular flexibility index (Phi) is 4.70. The lowest BCUT2D eigenvalue weighted by atomic mass is 9.70. The number of rotatable bonds is 7. The molecule has 6 nitrogen and oxygen atoms in total. The number of oxazole rings is 1. The fourth-order valence-corrected chi connectivity index (χ4v) is 6.79. The molecular formula is C21H26N2O4S. The summed E-state index contributed by atoms with van der Waals surface area (Å²) in [6.45, 7) is 4.33. The van der Waals surface area contributed by atoms with Crippen LogP contribution in [0.5, 0.6) is 0 Å². The molecule has 2 fully saturated rings. The largest absolute Gasteiger partial charge is 0.444 e.